The fourth-order valence-electron chi connectivity index (χ4n) is 3.24. The first-order valence-electron chi connectivity index (χ1n) is 8.45. The maximum atomic E-state index is 12.4. The molecule has 6 nitrogen and oxygen atoms in total. The maximum absolute atomic E-state index is 12.4. The van der Waals surface area contributed by atoms with Crippen LogP contribution in [-0.4, -0.2) is 37.0 Å². The first-order valence-corrected chi connectivity index (χ1v) is 8.45. The van der Waals surface area contributed by atoms with Gasteiger partial charge in [-0.1, -0.05) is 18.2 Å². The summed E-state index contributed by atoms with van der Waals surface area (Å²) in [6.45, 7) is 1.50. The van der Waals surface area contributed by atoms with E-state index in [0.29, 0.717) is 19.6 Å². The Balaban J connectivity index is 1.62. The van der Waals surface area contributed by atoms with Crippen molar-refractivity contribution in [3.8, 4) is 5.75 Å². The number of carbonyl (C=O) groups is 2. The van der Waals surface area contributed by atoms with Gasteiger partial charge in [0, 0.05) is 19.6 Å². The molecule has 0 aromatic heterocycles. The summed E-state index contributed by atoms with van der Waals surface area (Å²) in [7, 11) is 1.65. The number of urea groups is 1. The second kappa shape index (κ2) is 7.42. The Morgan fingerprint density at radius 1 is 1.24 bits per heavy atom. The SMILES string of the molecule is COc1ccc2cc(CNC(=O)[C@H]3CCCN(C(N)=O)C3)ccc2c1. The van der Waals surface area contributed by atoms with Crippen molar-refractivity contribution in [3.63, 3.8) is 0 Å². The van der Waals surface area contributed by atoms with Crippen LogP contribution in [0.5, 0.6) is 5.75 Å². The summed E-state index contributed by atoms with van der Waals surface area (Å²) in [5.41, 5.74) is 6.35. The van der Waals surface area contributed by atoms with Crippen LogP contribution in [0.15, 0.2) is 36.4 Å². The molecule has 1 heterocycles. The minimum atomic E-state index is -0.456. The number of nitrogens with two attached hydrogens (primary N) is 1. The number of hydrogen-bond donors (Lipinski definition) is 2. The third-order valence-corrected chi connectivity index (χ3v) is 4.68. The molecule has 3 amide bonds. The van der Waals surface area contributed by atoms with Gasteiger partial charge in [0.05, 0.1) is 13.0 Å². The fraction of sp³-hybridized carbons (Fsp3) is 0.368. The summed E-state index contributed by atoms with van der Waals surface area (Å²) in [6.07, 6.45) is 1.59. The molecule has 1 atom stereocenters. The molecule has 0 saturated carbocycles. The number of piperidine rings is 1. The number of methoxy groups -OCH3 is 1. The van der Waals surface area contributed by atoms with Gasteiger partial charge < -0.3 is 20.7 Å². The smallest absolute Gasteiger partial charge is 0.314 e. The minimum Gasteiger partial charge on any atom is -0.497 e. The molecule has 0 spiro atoms. The number of ether oxygens (including phenoxy) is 1. The van der Waals surface area contributed by atoms with Gasteiger partial charge in [-0.25, -0.2) is 4.79 Å². The summed E-state index contributed by atoms with van der Waals surface area (Å²) < 4.78 is 5.23. The minimum absolute atomic E-state index is 0.0271. The molecule has 6 heteroatoms. The second-order valence-electron chi connectivity index (χ2n) is 6.39. The summed E-state index contributed by atoms with van der Waals surface area (Å²) in [5, 5.41) is 5.17. The molecule has 0 aliphatic carbocycles. The highest BCUT2D eigenvalue weighted by molar-refractivity contribution is 5.85. The molecule has 132 valence electrons. The highest BCUT2D eigenvalue weighted by Crippen LogP contribution is 2.22. The van der Waals surface area contributed by atoms with E-state index in [2.05, 4.69) is 11.4 Å². The third kappa shape index (κ3) is 4.02. The summed E-state index contributed by atoms with van der Waals surface area (Å²) in [6, 6.07) is 11.5. The van der Waals surface area contributed by atoms with E-state index in [4.69, 9.17) is 10.5 Å². The van der Waals surface area contributed by atoms with Gasteiger partial charge in [0.15, 0.2) is 0 Å². The summed E-state index contributed by atoms with van der Waals surface area (Å²) >= 11 is 0. The Kier molecular flexibility index (Phi) is 5.07. The molecule has 1 fully saturated rings. The van der Waals surface area contributed by atoms with Crippen LogP contribution < -0.4 is 15.8 Å². The number of benzene rings is 2. The van der Waals surface area contributed by atoms with E-state index in [0.717, 1.165) is 34.9 Å². The topological polar surface area (TPSA) is 84.7 Å². The number of fused-ring (bicyclic) bond motifs is 1. The van der Waals surface area contributed by atoms with E-state index in [1.54, 1.807) is 7.11 Å². The van der Waals surface area contributed by atoms with Crippen molar-refractivity contribution in [2.75, 3.05) is 20.2 Å². The Bertz CT molecular complexity index is 791. The van der Waals surface area contributed by atoms with Gasteiger partial charge in [-0.05, 0) is 47.4 Å². The average Bonchev–Trinajstić information content (AvgIpc) is 2.65. The number of rotatable bonds is 4. The number of nitrogens with one attached hydrogen (secondary N) is 1. The zero-order valence-electron chi connectivity index (χ0n) is 14.3. The number of likely N-dealkylation sites (tertiary alicyclic amines) is 1. The van der Waals surface area contributed by atoms with Crippen molar-refractivity contribution >= 4 is 22.7 Å². The van der Waals surface area contributed by atoms with Gasteiger partial charge in [-0.15, -0.1) is 0 Å². The van der Waals surface area contributed by atoms with Gasteiger partial charge in [0.1, 0.15) is 5.75 Å². The van der Waals surface area contributed by atoms with E-state index >= 15 is 0 Å². The number of primary amides is 1. The lowest BCUT2D eigenvalue weighted by Gasteiger charge is -2.30. The number of carbonyl (C=O) groups excluding carboxylic acids is 2. The summed E-state index contributed by atoms with van der Waals surface area (Å²) in [5.74, 6) is 0.608. The molecular weight excluding hydrogens is 318 g/mol. The van der Waals surface area contributed by atoms with Crippen molar-refractivity contribution in [2.45, 2.75) is 19.4 Å². The zero-order valence-corrected chi connectivity index (χ0v) is 14.3. The van der Waals surface area contributed by atoms with E-state index in [-0.39, 0.29) is 11.8 Å². The predicted molar refractivity (Wildman–Crippen MR) is 96.2 cm³/mol. The van der Waals surface area contributed by atoms with Gasteiger partial charge in [0.2, 0.25) is 5.91 Å². The first-order chi connectivity index (χ1) is 12.1. The van der Waals surface area contributed by atoms with Gasteiger partial charge in [-0.3, -0.25) is 4.79 Å². The molecule has 3 rings (SSSR count). The molecule has 3 N–H and O–H groups in total. The molecule has 2 aromatic carbocycles. The van der Waals surface area contributed by atoms with E-state index in [1.165, 1.54) is 4.90 Å². The molecular formula is C19H23N3O3. The highest BCUT2D eigenvalue weighted by atomic mass is 16.5. The molecule has 0 bridgehead atoms. The van der Waals surface area contributed by atoms with Crippen LogP contribution in [0, 0.1) is 5.92 Å². The molecule has 2 aromatic rings. The second-order valence-corrected chi connectivity index (χ2v) is 6.39. The Labute approximate surface area is 146 Å². The average molecular weight is 341 g/mol. The lowest BCUT2D eigenvalue weighted by atomic mass is 9.97. The van der Waals surface area contributed by atoms with Crippen molar-refractivity contribution in [1.82, 2.24) is 10.2 Å². The lowest BCUT2D eigenvalue weighted by Crippen LogP contribution is -2.47. The quantitative estimate of drug-likeness (QED) is 0.894. The van der Waals surface area contributed by atoms with Gasteiger partial charge in [0.25, 0.3) is 0 Å². The molecule has 25 heavy (non-hydrogen) atoms. The van der Waals surface area contributed by atoms with Crippen molar-refractivity contribution in [3.05, 3.63) is 42.0 Å². The van der Waals surface area contributed by atoms with E-state index in [1.807, 2.05) is 30.3 Å². The van der Waals surface area contributed by atoms with Crippen LogP contribution in [-0.2, 0) is 11.3 Å². The largest absolute Gasteiger partial charge is 0.497 e. The Morgan fingerprint density at radius 3 is 2.76 bits per heavy atom. The maximum Gasteiger partial charge on any atom is 0.314 e. The first kappa shape index (κ1) is 17.1. The van der Waals surface area contributed by atoms with E-state index in [9.17, 15) is 9.59 Å². The van der Waals surface area contributed by atoms with Crippen molar-refractivity contribution < 1.29 is 14.3 Å². The third-order valence-electron chi connectivity index (χ3n) is 4.68. The normalized spacial score (nSPS) is 17.3. The van der Waals surface area contributed by atoms with Crippen LogP contribution in [0.1, 0.15) is 18.4 Å². The highest BCUT2D eigenvalue weighted by Gasteiger charge is 2.27. The monoisotopic (exact) mass is 341 g/mol. The van der Waals surface area contributed by atoms with Crippen LogP contribution >= 0.6 is 0 Å². The Hall–Kier alpha value is -2.76. The van der Waals surface area contributed by atoms with Crippen LogP contribution in [0.2, 0.25) is 0 Å². The molecule has 1 saturated heterocycles. The molecule has 0 radical (unpaired) electrons. The number of hydrogen-bond acceptors (Lipinski definition) is 3. The standard InChI is InChI=1S/C19H23N3O3/c1-25-17-7-6-14-9-13(4-5-15(14)10-17)11-21-18(23)16-3-2-8-22(12-16)19(20)24/h4-7,9-10,16H,2-3,8,11-12H2,1H3,(H2,20,24)(H,21,23)/t16-/m0/s1. The predicted octanol–water partition coefficient (Wildman–Crippen LogP) is 2.26. The van der Waals surface area contributed by atoms with Crippen molar-refractivity contribution in [2.24, 2.45) is 11.7 Å². The Morgan fingerprint density at radius 2 is 2.00 bits per heavy atom. The van der Waals surface area contributed by atoms with Crippen LogP contribution in [0.3, 0.4) is 0 Å². The molecule has 1 aliphatic heterocycles. The number of amides is 3. The summed E-state index contributed by atoms with van der Waals surface area (Å²) in [4.78, 5) is 25.2. The molecule has 0 unspecified atom stereocenters. The zero-order chi connectivity index (χ0) is 17.8. The number of nitrogens with zero attached hydrogens (tertiary/aromatic N) is 1. The lowest BCUT2D eigenvalue weighted by molar-refractivity contribution is -0.126. The van der Waals surface area contributed by atoms with Crippen LogP contribution in [0.4, 0.5) is 4.79 Å². The van der Waals surface area contributed by atoms with E-state index < -0.39 is 6.03 Å². The van der Waals surface area contributed by atoms with Crippen LogP contribution in [0.25, 0.3) is 10.8 Å². The van der Waals surface area contributed by atoms with Gasteiger partial charge >= 0.3 is 6.03 Å². The van der Waals surface area contributed by atoms with Gasteiger partial charge in [-0.2, -0.15) is 0 Å². The van der Waals surface area contributed by atoms with Crippen molar-refractivity contribution in [1.29, 1.82) is 0 Å². The molecule has 1 aliphatic rings. The fourth-order valence-corrected chi connectivity index (χ4v) is 3.24.